The number of hydrogen-bond acceptors (Lipinski definition) is 5. The van der Waals surface area contributed by atoms with Gasteiger partial charge in [0.15, 0.2) is 5.78 Å². The van der Waals surface area contributed by atoms with Crippen molar-refractivity contribution >= 4 is 23.9 Å². The smallest absolute Gasteiger partial charge is 0.166 e. The fourth-order valence-corrected chi connectivity index (χ4v) is 4.35. The molecule has 3 aromatic carbocycles. The summed E-state index contributed by atoms with van der Waals surface area (Å²) in [7, 11) is 0. The molecule has 1 atom stereocenters. The third kappa shape index (κ3) is 7.79. The number of carbonyl (C=O) groups is 1. The number of benzene rings is 3. The van der Waals surface area contributed by atoms with Gasteiger partial charge in [-0.1, -0.05) is 42.0 Å². The molecule has 1 heterocycles. The van der Waals surface area contributed by atoms with Crippen LogP contribution in [-0.2, 0) is 6.42 Å². The molecule has 1 N–H and O–H groups in total. The highest BCUT2D eigenvalue weighted by Gasteiger charge is 2.20. The minimum absolute atomic E-state index is 0. The first-order chi connectivity index (χ1) is 17.0. The molecule has 192 valence electrons. The molecular weight excluding hydrogens is 479 g/mol. The molecule has 0 radical (unpaired) electrons. The predicted molar refractivity (Wildman–Crippen MR) is 144 cm³/mol. The second-order valence-electron chi connectivity index (χ2n) is 9.13. The SMILES string of the molecule is Cc1ccc(N2CCN(CC(O)COc3ccccc3C(=O)CCc3ccc(F)cc3)CC2)cc1.Cl. The van der Waals surface area contributed by atoms with Gasteiger partial charge in [0.2, 0.25) is 0 Å². The maximum absolute atomic E-state index is 13.1. The molecule has 1 saturated heterocycles. The van der Waals surface area contributed by atoms with E-state index in [9.17, 15) is 14.3 Å². The normalized spacial score (nSPS) is 14.7. The van der Waals surface area contributed by atoms with Crippen molar-refractivity contribution in [1.29, 1.82) is 0 Å². The van der Waals surface area contributed by atoms with Crippen LogP contribution in [0.1, 0.15) is 27.9 Å². The number of carbonyl (C=O) groups excluding carboxylic acids is 1. The lowest BCUT2D eigenvalue weighted by atomic mass is 10.0. The summed E-state index contributed by atoms with van der Waals surface area (Å²) in [5, 5.41) is 10.6. The van der Waals surface area contributed by atoms with E-state index in [2.05, 4.69) is 41.0 Å². The highest BCUT2D eigenvalue weighted by Crippen LogP contribution is 2.21. The second kappa shape index (κ2) is 13.4. The number of nitrogens with zero attached hydrogens (tertiary/aromatic N) is 2. The highest BCUT2D eigenvalue weighted by molar-refractivity contribution is 5.98. The van der Waals surface area contributed by atoms with E-state index < -0.39 is 6.10 Å². The first kappa shape index (κ1) is 27.7. The summed E-state index contributed by atoms with van der Waals surface area (Å²) in [5.41, 5.74) is 3.91. The maximum Gasteiger partial charge on any atom is 0.166 e. The lowest BCUT2D eigenvalue weighted by molar-refractivity contribution is 0.0655. The summed E-state index contributed by atoms with van der Waals surface area (Å²) in [6.45, 7) is 6.34. The van der Waals surface area contributed by atoms with Crippen molar-refractivity contribution < 1.29 is 19.0 Å². The fraction of sp³-hybridized carbons (Fsp3) is 0.345. The number of Topliss-reactive ketones (excluding diaryl/α,β-unsaturated/α-hetero) is 1. The number of ketones is 1. The van der Waals surface area contributed by atoms with Gasteiger partial charge in [0.1, 0.15) is 24.3 Å². The van der Waals surface area contributed by atoms with Crippen LogP contribution in [0, 0.1) is 12.7 Å². The van der Waals surface area contributed by atoms with Gasteiger partial charge in [0.25, 0.3) is 0 Å². The molecular formula is C29H34ClFN2O3. The Morgan fingerprint density at radius 1 is 0.972 bits per heavy atom. The zero-order valence-electron chi connectivity index (χ0n) is 20.6. The van der Waals surface area contributed by atoms with Gasteiger partial charge in [0.05, 0.1) is 5.56 Å². The van der Waals surface area contributed by atoms with Crippen molar-refractivity contribution in [3.8, 4) is 5.75 Å². The van der Waals surface area contributed by atoms with E-state index in [-0.39, 0.29) is 30.6 Å². The largest absolute Gasteiger partial charge is 0.490 e. The van der Waals surface area contributed by atoms with Crippen LogP contribution in [0.3, 0.4) is 0 Å². The summed E-state index contributed by atoms with van der Waals surface area (Å²) in [4.78, 5) is 17.4. The van der Waals surface area contributed by atoms with Gasteiger partial charge in [-0.05, 0) is 55.3 Å². The van der Waals surface area contributed by atoms with Crippen molar-refractivity contribution in [1.82, 2.24) is 4.90 Å². The summed E-state index contributed by atoms with van der Waals surface area (Å²) in [6, 6.07) is 21.9. The average Bonchev–Trinajstić information content (AvgIpc) is 2.88. The molecule has 4 rings (SSSR count). The van der Waals surface area contributed by atoms with Crippen LogP contribution in [0.25, 0.3) is 0 Å². The van der Waals surface area contributed by atoms with E-state index in [1.807, 2.05) is 12.1 Å². The Morgan fingerprint density at radius 3 is 2.33 bits per heavy atom. The zero-order chi connectivity index (χ0) is 24.6. The number of rotatable bonds is 10. The van der Waals surface area contributed by atoms with Gasteiger partial charge in [-0.25, -0.2) is 4.39 Å². The Kier molecular flexibility index (Phi) is 10.3. The molecule has 0 saturated carbocycles. The van der Waals surface area contributed by atoms with Gasteiger partial charge in [-0.15, -0.1) is 12.4 Å². The molecule has 7 heteroatoms. The van der Waals surface area contributed by atoms with E-state index in [1.54, 1.807) is 24.3 Å². The molecule has 1 aliphatic rings. The summed E-state index contributed by atoms with van der Waals surface area (Å²) in [6.07, 6.45) is 0.188. The van der Waals surface area contributed by atoms with Crippen LogP contribution in [0.2, 0.25) is 0 Å². The summed E-state index contributed by atoms with van der Waals surface area (Å²) in [5.74, 6) is 0.164. The quantitative estimate of drug-likeness (QED) is 0.390. The molecule has 0 aromatic heterocycles. The lowest BCUT2D eigenvalue weighted by Crippen LogP contribution is -2.49. The Hall–Kier alpha value is -2.93. The maximum atomic E-state index is 13.1. The second-order valence-corrected chi connectivity index (χ2v) is 9.13. The number of aryl methyl sites for hydroxylation is 2. The molecule has 1 aliphatic heterocycles. The molecule has 3 aromatic rings. The summed E-state index contributed by atoms with van der Waals surface area (Å²) >= 11 is 0. The van der Waals surface area contributed by atoms with Crippen molar-refractivity contribution in [2.75, 3.05) is 44.2 Å². The number of β-amino-alcohol motifs (C(OH)–C–C–N with tert-alkyl or cyclic N) is 1. The number of halogens is 2. The molecule has 0 amide bonds. The van der Waals surface area contributed by atoms with Crippen molar-refractivity contribution in [3.05, 3.63) is 95.3 Å². The van der Waals surface area contributed by atoms with Crippen LogP contribution >= 0.6 is 12.4 Å². The Balaban J connectivity index is 0.00000361. The van der Waals surface area contributed by atoms with E-state index >= 15 is 0 Å². The number of piperazine rings is 1. The van der Waals surface area contributed by atoms with Gasteiger partial charge in [-0.3, -0.25) is 9.69 Å². The van der Waals surface area contributed by atoms with E-state index in [0.717, 1.165) is 31.7 Å². The Morgan fingerprint density at radius 2 is 1.64 bits per heavy atom. The predicted octanol–water partition coefficient (Wildman–Crippen LogP) is 4.93. The molecule has 0 aliphatic carbocycles. The summed E-state index contributed by atoms with van der Waals surface area (Å²) < 4.78 is 19.0. The van der Waals surface area contributed by atoms with Gasteiger partial charge in [-0.2, -0.15) is 0 Å². The molecule has 5 nitrogen and oxygen atoms in total. The lowest BCUT2D eigenvalue weighted by Gasteiger charge is -2.37. The van der Waals surface area contributed by atoms with Crippen LogP contribution in [0.4, 0.5) is 10.1 Å². The minimum Gasteiger partial charge on any atom is -0.490 e. The van der Waals surface area contributed by atoms with Gasteiger partial charge < -0.3 is 14.7 Å². The molecule has 1 unspecified atom stereocenters. The molecule has 0 bridgehead atoms. The van der Waals surface area contributed by atoms with E-state index in [0.29, 0.717) is 30.7 Å². The number of anilines is 1. The van der Waals surface area contributed by atoms with Crippen LogP contribution in [0.15, 0.2) is 72.8 Å². The molecule has 0 spiro atoms. The number of ether oxygens (including phenoxy) is 1. The number of aliphatic hydroxyl groups is 1. The van der Waals surface area contributed by atoms with Crippen molar-refractivity contribution in [2.45, 2.75) is 25.9 Å². The first-order valence-electron chi connectivity index (χ1n) is 12.2. The number of hydrogen-bond donors (Lipinski definition) is 1. The Labute approximate surface area is 218 Å². The number of aliphatic hydroxyl groups excluding tert-OH is 1. The molecule has 1 fully saturated rings. The first-order valence-corrected chi connectivity index (χ1v) is 12.2. The van der Waals surface area contributed by atoms with Crippen LogP contribution < -0.4 is 9.64 Å². The van der Waals surface area contributed by atoms with Gasteiger partial charge >= 0.3 is 0 Å². The number of para-hydroxylation sites is 1. The monoisotopic (exact) mass is 512 g/mol. The van der Waals surface area contributed by atoms with Gasteiger partial charge in [0, 0.05) is 44.8 Å². The van der Waals surface area contributed by atoms with E-state index in [1.165, 1.54) is 23.4 Å². The van der Waals surface area contributed by atoms with Crippen LogP contribution in [0.5, 0.6) is 5.75 Å². The topological polar surface area (TPSA) is 53.0 Å². The highest BCUT2D eigenvalue weighted by atomic mass is 35.5. The Bertz CT molecular complexity index is 1100. The molecule has 36 heavy (non-hydrogen) atoms. The third-order valence-electron chi connectivity index (χ3n) is 6.41. The average molecular weight is 513 g/mol. The zero-order valence-corrected chi connectivity index (χ0v) is 21.4. The fourth-order valence-electron chi connectivity index (χ4n) is 4.35. The van der Waals surface area contributed by atoms with E-state index in [4.69, 9.17) is 4.74 Å². The van der Waals surface area contributed by atoms with Crippen molar-refractivity contribution in [3.63, 3.8) is 0 Å². The van der Waals surface area contributed by atoms with Crippen molar-refractivity contribution in [2.24, 2.45) is 0 Å². The van der Waals surface area contributed by atoms with Crippen LogP contribution in [-0.4, -0.2) is 61.2 Å². The third-order valence-corrected chi connectivity index (χ3v) is 6.41. The standard InChI is InChI=1S/C29H33FN2O3.ClH/c1-22-6-13-25(14-7-22)32-18-16-31(17-19-32)20-26(33)21-35-29-5-3-2-4-27(29)28(34)15-10-23-8-11-24(30)12-9-23;/h2-9,11-14,26,33H,10,15-21H2,1H3;1H. The minimum atomic E-state index is -0.650.